The Bertz CT molecular complexity index is 969. The Morgan fingerprint density at radius 2 is 1.96 bits per heavy atom. The van der Waals surface area contributed by atoms with Crippen molar-refractivity contribution >= 4 is 16.0 Å². The number of carboxylic acid groups (broad SMARTS) is 1. The summed E-state index contributed by atoms with van der Waals surface area (Å²) in [6.07, 6.45) is 1.47. The summed E-state index contributed by atoms with van der Waals surface area (Å²) in [6, 6.07) is 3.98. The molecule has 0 radical (unpaired) electrons. The number of carboxylic acids is 1. The molecule has 3 rings (SSSR count). The number of hydrogen-bond acceptors (Lipinski definition) is 6. The molecule has 0 aliphatic carbocycles. The molecule has 0 saturated heterocycles. The van der Waals surface area contributed by atoms with E-state index >= 15 is 0 Å². The number of ether oxygens (including phenoxy) is 2. The van der Waals surface area contributed by atoms with Crippen LogP contribution in [0.1, 0.15) is 23.6 Å². The highest BCUT2D eigenvalue weighted by atomic mass is 32.2. The lowest BCUT2D eigenvalue weighted by atomic mass is 9.92. The van der Waals surface area contributed by atoms with E-state index in [1.807, 2.05) is 0 Å². The Labute approximate surface area is 157 Å². The zero-order valence-electron chi connectivity index (χ0n) is 15.2. The van der Waals surface area contributed by atoms with Crippen LogP contribution in [-0.2, 0) is 28.3 Å². The van der Waals surface area contributed by atoms with Crippen LogP contribution in [0.5, 0.6) is 11.5 Å². The average molecular weight is 395 g/mol. The van der Waals surface area contributed by atoms with Crippen molar-refractivity contribution < 1.29 is 27.8 Å². The molecule has 1 aliphatic heterocycles. The van der Waals surface area contributed by atoms with Crippen molar-refractivity contribution in [1.82, 2.24) is 14.1 Å². The summed E-state index contributed by atoms with van der Waals surface area (Å²) in [7, 11) is 0.599. The molecule has 1 unspecified atom stereocenters. The number of aryl methyl sites for hydroxylation is 1. The molecule has 0 amide bonds. The summed E-state index contributed by atoms with van der Waals surface area (Å²) < 4.78 is 39.4. The van der Waals surface area contributed by atoms with Gasteiger partial charge in [0.2, 0.25) is 0 Å². The SMILES string of the molecule is COc1cc2c(cc1OC)C(CC(=O)O)N(S(=O)(=O)c1ccnn1C)CC2. The van der Waals surface area contributed by atoms with Crippen LogP contribution in [0.25, 0.3) is 0 Å². The van der Waals surface area contributed by atoms with Crippen molar-refractivity contribution in [3.8, 4) is 11.5 Å². The second-order valence-corrected chi connectivity index (χ2v) is 8.02. The number of fused-ring (bicyclic) bond motifs is 1. The molecule has 2 aromatic rings. The fraction of sp³-hybridized carbons (Fsp3) is 0.412. The number of methoxy groups -OCH3 is 2. The van der Waals surface area contributed by atoms with Crippen LogP contribution >= 0.6 is 0 Å². The van der Waals surface area contributed by atoms with Gasteiger partial charge in [0, 0.05) is 13.6 Å². The van der Waals surface area contributed by atoms with E-state index in [0.717, 1.165) is 5.56 Å². The number of sulfonamides is 1. The molecule has 9 nitrogen and oxygen atoms in total. The number of aliphatic carboxylic acids is 1. The van der Waals surface area contributed by atoms with Crippen molar-refractivity contribution in [2.75, 3.05) is 20.8 Å². The van der Waals surface area contributed by atoms with Crippen molar-refractivity contribution in [3.63, 3.8) is 0 Å². The molecule has 1 atom stereocenters. The van der Waals surface area contributed by atoms with Crippen molar-refractivity contribution in [1.29, 1.82) is 0 Å². The van der Waals surface area contributed by atoms with Gasteiger partial charge < -0.3 is 14.6 Å². The molecule has 1 aromatic carbocycles. The number of rotatable bonds is 6. The van der Waals surface area contributed by atoms with Gasteiger partial charge in [0.25, 0.3) is 10.0 Å². The van der Waals surface area contributed by atoms with E-state index in [9.17, 15) is 18.3 Å². The summed E-state index contributed by atoms with van der Waals surface area (Å²) in [5.74, 6) is -0.146. The third-order valence-corrected chi connectivity index (χ3v) is 6.65. The highest BCUT2D eigenvalue weighted by molar-refractivity contribution is 7.89. The molecule has 0 saturated carbocycles. The van der Waals surface area contributed by atoms with Crippen LogP contribution in [0.15, 0.2) is 29.4 Å². The molecule has 146 valence electrons. The van der Waals surface area contributed by atoms with E-state index in [1.54, 1.807) is 12.1 Å². The van der Waals surface area contributed by atoms with Crippen LogP contribution in [0.4, 0.5) is 0 Å². The topological polar surface area (TPSA) is 111 Å². The van der Waals surface area contributed by atoms with E-state index in [1.165, 1.54) is 42.5 Å². The molecular formula is C17H21N3O6S. The Hall–Kier alpha value is -2.59. The fourth-order valence-electron chi connectivity index (χ4n) is 3.40. The van der Waals surface area contributed by atoms with Gasteiger partial charge in [0.15, 0.2) is 16.5 Å². The molecule has 0 fully saturated rings. The molecule has 10 heteroatoms. The maximum absolute atomic E-state index is 13.2. The lowest BCUT2D eigenvalue weighted by Gasteiger charge is -2.36. The van der Waals surface area contributed by atoms with Crippen LogP contribution < -0.4 is 9.47 Å². The lowest BCUT2D eigenvalue weighted by Crippen LogP contribution is -2.41. The van der Waals surface area contributed by atoms with Crippen LogP contribution in [0.3, 0.4) is 0 Å². The summed E-state index contributed by atoms with van der Waals surface area (Å²) in [6.45, 7) is 0.161. The highest BCUT2D eigenvalue weighted by Gasteiger charge is 2.39. The van der Waals surface area contributed by atoms with Gasteiger partial charge in [-0.15, -0.1) is 0 Å². The molecule has 1 aromatic heterocycles. The van der Waals surface area contributed by atoms with Gasteiger partial charge >= 0.3 is 5.97 Å². The quantitative estimate of drug-likeness (QED) is 0.782. The van der Waals surface area contributed by atoms with Gasteiger partial charge in [-0.05, 0) is 35.7 Å². The van der Waals surface area contributed by atoms with Crippen LogP contribution in [0, 0.1) is 0 Å². The highest BCUT2D eigenvalue weighted by Crippen LogP contribution is 2.41. The van der Waals surface area contributed by atoms with E-state index in [4.69, 9.17) is 9.47 Å². The first-order valence-corrected chi connectivity index (χ1v) is 9.70. The third-order valence-electron chi connectivity index (χ3n) is 4.67. The zero-order valence-corrected chi connectivity index (χ0v) is 16.1. The fourth-order valence-corrected chi connectivity index (χ4v) is 5.11. The summed E-state index contributed by atoms with van der Waals surface area (Å²) in [4.78, 5) is 11.5. The van der Waals surface area contributed by atoms with E-state index < -0.39 is 22.0 Å². The van der Waals surface area contributed by atoms with Crippen LogP contribution in [0.2, 0.25) is 0 Å². The van der Waals surface area contributed by atoms with Crippen LogP contribution in [-0.4, -0.2) is 54.3 Å². The monoisotopic (exact) mass is 395 g/mol. The number of carbonyl (C=O) groups is 1. The van der Waals surface area contributed by atoms with Gasteiger partial charge in [-0.2, -0.15) is 9.40 Å². The average Bonchev–Trinajstić information content (AvgIpc) is 3.07. The van der Waals surface area contributed by atoms with Gasteiger partial charge in [0.05, 0.1) is 32.9 Å². The number of hydrogen-bond donors (Lipinski definition) is 1. The second-order valence-electron chi connectivity index (χ2n) is 6.18. The smallest absolute Gasteiger partial charge is 0.305 e. The summed E-state index contributed by atoms with van der Waals surface area (Å²) in [5.41, 5.74) is 1.45. The molecule has 0 spiro atoms. The van der Waals surface area contributed by atoms with Crippen molar-refractivity contribution in [2.45, 2.75) is 23.9 Å². The molecule has 1 N–H and O–H groups in total. The lowest BCUT2D eigenvalue weighted by molar-refractivity contribution is -0.138. The molecule has 2 heterocycles. The molecular weight excluding hydrogens is 374 g/mol. The minimum atomic E-state index is -3.92. The summed E-state index contributed by atoms with van der Waals surface area (Å²) in [5, 5.41) is 13.3. The van der Waals surface area contributed by atoms with Crippen molar-refractivity contribution in [3.05, 3.63) is 35.5 Å². The maximum atomic E-state index is 13.2. The minimum Gasteiger partial charge on any atom is -0.493 e. The molecule has 0 bridgehead atoms. The van der Waals surface area contributed by atoms with Crippen molar-refractivity contribution in [2.24, 2.45) is 7.05 Å². The second kappa shape index (κ2) is 7.20. The standard InChI is InChI=1S/C17H21N3O6S/c1-19-16(4-6-18-19)27(23,24)20-7-5-11-8-14(25-2)15(26-3)9-12(11)13(20)10-17(21)22/h4,6,8-9,13H,5,7,10H2,1-3H3,(H,21,22). The van der Waals surface area contributed by atoms with Gasteiger partial charge in [-0.25, -0.2) is 8.42 Å². The Morgan fingerprint density at radius 3 is 2.52 bits per heavy atom. The number of nitrogens with zero attached hydrogens (tertiary/aromatic N) is 3. The molecule has 1 aliphatic rings. The first-order chi connectivity index (χ1) is 12.8. The van der Waals surface area contributed by atoms with E-state index in [2.05, 4.69) is 5.10 Å². The first-order valence-electron chi connectivity index (χ1n) is 8.26. The van der Waals surface area contributed by atoms with Gasteiger partial charge in [-0.3, -0.25) is 9.48 Å². The number of aromatic nitrogens is 2. The van der Waals surface area contributed by atoms with Gasteiger partial charge in [0.1, 0.15) is 0 Å². The summed E-state index contributed by atoms with van der Waals surface area (Å²) >= 11 is 0. The zero-order chi connectivity index (χ0) is 19.8. The number of benzene rings is 1. The Balaban J connectivity index is 2.13. The Morgan fingerprint density at radius 1 is 1.30 bits per heavy atom. The predicted molar refractivity (Wildman–Crippen MR) is 95.3 cm³/mol. The van der Waals surface area contributed by atoms with E-state index in [-0.39, 0.29) is 18.0 Å². The molecule has 27 heavy (non-hydrogen) atoms. The maximum Gasteiger partial charge on any atom is 0.305 e. The third kappa shape index (κ3) is 3.37. The minimum absolute atomic E-state index is 0.0156. The predicted octanol–water partition coefficient (Wildman–Crippen LogP) is 1.20. The van der Waals surface area contributed by atoms with Gasteiger partial charge in [-0.1, -0.05) is 0 Å². The van der Waals surface area contributed by atoms with E-state index in [0.29, 0.717) is 23.5 Å². The first kappa shape index (κ1) is 19.2. The largest absolute Gasteiger partial charge is 0.493 e. The Kier molecular flexibility index (Phi) is 5.11. The normalized spacial score (nSPS) is 17.4.